The third-order valence-corrected chi connectivity index (χ3v) is 2.76. The monoisotopic (exact) mass is 290 g/mol. The van der Waals surface area contributed by atoms with E-state index >= 15 is 0 Å². The molecule has 1 aliphatic heterocycles. The summed E-state index contributed by atoms with van der Waals surface area (Å²) >= 11 is 0. The van der Waals surface area contributed by atoms with E-state index in [1.165, 1.54) is 12.8 Å². The number of allylic oxidation sites excluding steroid dienone is 1. The van der Waals surface area contributed by atoms with E-state index in [1.807, 2.05) is 18.3 Å². The number of halogens is 2. The molecule has 0 unspecified atom stereocenters. The van der Waals surface area contributed by atoms with Crippen LogP contribution < -0.4 is 10.1 Å². The highest BCUT2D eigenvalue weighted by molar-refractivity contribution is 5.85. The molecule has 3 nitrogen and oxygen atoms in total. The lowest BCUT2D eigenvalue weighted by atomic mass is 10.2. The lowest BCUT2D eigenvalue weighted by molar-refractivity contribution is 0.276. The fourth-order valence-electron chi connectivity index (χ4n) is 1.92. The molecule has 0 aliphatic carbocycles. The zero-order valence-corrected chi connectivity index (χ0v) is 11.9. The summed E-state index contributed by atoms with van der Waals surface area (Å²) in [5.41, 5.74) is 1.15. The molecule has 102 valence electrons. The van der Waals surface area contributed by atoms with Crippen molar-refractivity contribution in [3.63, 3.8) is 0 Å². The Morgan fingerprint density at radius 1 is 1.44 bits per heavy atom. The summed E-state index contributed by atoms with van der Waals surface area (Å²) in [5.74, 6) is 0.855. The lowest BCUT2D eigenvalue weighted by Crippen LogP contribution is -2.28. The quantitative estimate of drug-likeness (QED) is 0.847. The SMILES string of the molecule is C=CCc1cncc(OC[C@@H]2CCCN2)c1.Cl.Cl. The van der Waals surface area contributed by atoms with Crippen LogP contribution in [0.25, 0.3) is 0 Å². The second kappa shape index (κ2) is 9.20. The van der Waals surface area contributed by atoms with Crippen LogP contribution in [-0.2, 0) is 6.42 Å². The highest BCUT2D eigenvalue weighted by atomic mass is 35.5. The molecular weight excluding hydrogens is 271 g/mol. The summed E-state index contributed by atoms with van der Waals surface area (Å²) in [6.45, 7) is 5.57. The van der Waals surface area contributed by atoms with E-state index in [-0.39, 0.29) is 24.8 Å². The third-order valence-electron chi connectivity index (χ3n) is 2.76. The van der Waals surface area contributed by atoms with E-state index in [4.69, 9.17) is 4.74 Å². The van der Waals surface area contributed by atoms with E-state index in [2.05, 4.69) is 16.9 Å². The zero-order valence-electron chi connectivity index (χ0n) is 10.3. The highest BCUT2D eigenvalue weighted by Gasteiger charge is 2.14. The molecule has 5 heteroatoms. The van der Waals surface area contributed by atoms with E-state index < -0.39 is 0 Å². The number of hydrogen-bond donors (Lipinski definition) is 1. The van der Waals surface area contributed by atoms with Gasteiger partial charge in [0.1, 0.15) is 12.4 Å². The van der Waals surface area contributed by atoms with Crippen molar-refractivity contribution >= 4 is 24.8 Å². The van der Waals surface area contributed by atoms with Gasteiger partial charge in [-0.1, -0.05) is 6.08 Å². The van der Waals surface area contributed by atoms with Crippen molar-refractivity contribution in [1.29, 1.82) is 0 Å². The smallest absolute Gasteiger partial charge is 0.137 e. The first-order valence-electron chi connectivity index (χ1n) is 5.79. The molecule has 0 amide bonds. The van der Waals surface area contributed by atoms with Crippen LogP contribution in [0.4, 0.5) is 0 Å². The molecule has 1 aliphatic rings. The standard InChI is InChI=1S/C13H18N2O.2ClH/c1-2-4-11-7-13(9-14-8-11)16-10-12-5-3-6-15-12;;/h2,7-9,12,15H,1,3-6,10H2;2*1H/t12-;;/m0../s1. The van der Waals surface area contributed by atoms with Crippen molar-refractivity contribution in [1.82, 2.24) is 10.3 Å². The molecule has 1 aromatic rings. The van der Waals surface area contributed by atoms with Crippen molar-refractivity contribution in [3.05, 3.63) is 36.7 Å². The maximum Gasteiger partial charge on any atom is 0.137 e. The van der Waals surface area contributed by atoms with Gasteiger partial charge in [-0.05, 0) is 37.4 Å². The van der Waals surface area contributed by atoms with Gasteiger partial charge in [0, 0.05) is 12.2 Å². The summed E-state index contributed by atoms with van der Waals surface area (Å²) in [5, 5.41) is 3.41. The first-order valence-corrected chi connectivity index (χ1v) is 5.79. The summed E-state index contributed by atoms with van der Waals surface area (Å²) in [7, 11) is 0. The van der Waals surface area contributed by atoms with Crippen LogP contribution in [0.2, 0.25) is 0 Å². The fraction of sp³-hybridized carbons (Fsp3) is 0.462. The van der Waals surface area contributed by atoms with Crippen LogP contribution in [0.3, 0.4) is 0 Å². The molecular formula is C13H20Cl2N2O. The highest BCUT2D eigenvalue weighted by Crippen LogP contribution is 2.13. The van der Waals surface area contributed by atoms with Crippen LogP contribution in [0.5, 0.6) is 5.75 Å². The van der Waals surface area contributed by atoms with Gasteiger partial charge >= 0.3 is 0 Å². The molecule has 1 aromatic heterocycles. The molecule has 0 radical (unpaired) electrons. The van der Waals surface area contributed by atoms with Crippen LogP contribution in [-0.4, -0.2) is 24.2 Å². The number of aromatic nitrogens is 1. The van der Waals surface area contributed by atoms with Crippen molar-refractivity contribution in [2.45, 2.75) is 25.3 Å². The number of hydrogen-bond acceptors (Lipinski definition) is 3. The van der Waals surface area contributed by atoms with Crippen LogP contribution in [0.1, 0.15) is 18.4 Å². The molecule has 2 heterocycles. The average molecular weight is 291 g/mol. The molecule has 0 saturated carbocycles. The predicted molar refractivity (Wildman–Crippen MR) is 79.2 cm³/mol. The Balaban J connectivity index is 0.00000144. The molecule has 2 rings (SSSR count). The molecule has 1 saturated heterocycles. The predicted octanol–water partition coefficient (Wildman–Crippen LogP) is 2.78. The normalized spacial score (nSPS) is 17.4. The topological polar surface area (TPSA) is 34.1 Å². The minimum atomic E-state index is 0. The maximum absolute atomic E-state index is 5.72. The Hall–Kier alpha value is -0.770. The Morgan fingerprint density at radius 2 is 2.28 bits per heavy atom. The Kier molecular flexibility index (Phi) is 8.81. The first-order chi connectivity index (χ1) is 7.88. The third kappa shape index (κ3) is 5.25. The summed E-state index contributed by atoms with van der Waals surface area (Å²) in [6, 6.07) is 2.53. The largest absolute Gasteiger partial charge is 0.490 e. The molecule has 1 N–H and O–H groups in total. The molecule has 0 aromatic carbocycles. The number of ether oxygens (including phenoxy) is 1. The fourth-order valence-corrected chi connectivity index (χ4v) is 1.92. The minimum Gasteiger partial charge on any atom is -0.490 e. The molecule has 1 atom stereocenters. The number of rotatable bonds is 5. The van der Waals surface area contributed by atoms with E-state index in [0.29, 0.717) is 6.04 Å². The van der Waals surface area contributed by atoms with Crippen molar-refractivity contribution in [2.75, 3.05) is 13.2 Å². The van der Waals surface area contributed by atoms with Crippen molar-refractivity contribution in [2.24, 2.45) is 0 Å². The van der Waals surface area contributed by atoms with Crippen molar-refractivity contribution < 1.29 is 4.74 Å². The Morgan fingerprint density at radius 3 is 2.94 bits per heavy atom. The van der Waals surface area contributed by atoms with Gasteiger partial charge in [0.05, 0.1) is 6.20 Å². The Labute approximate surface area is 121 Å². The summed E-state index contributed by atoms with van der Waals surface area (Å²) in [4.78, 5) is 4.16. The number of nitrogens with one attached hydrogen (secondary N) is 1. The van der Waals surface area contributed by atoms with Gasteiger partial charge in [-0.25, -0.2) is 0 Å². The summed E-state index contributed by atoms with van der Waals surface area (Å²) < 4.78 is 5.72. The zero-order chi connectivity index (χ0) is 11.2. The number of nitrogens with zero attached hydrogens (tertiary/aromatic N) is 1. The van der Waals surface area contributed by atoms with Gasteiger partial charge in [-0.3, -0.25) is 4.98 Å². The van der Waals surface area contributed by atoms with Gasteiger partial charge < -0.3 is 10.1 Å². The summed E-state index contributed by atoms with van der Waals surface area (Å²) in [6.07, 6.45) is 8.79. The van der Waals surface area contributed by atoms with E-state index in [9.17, 15) is 0 Å². The molecule has 18 heavy (non-hydrogen) atoms. The molecule has 0 spiro atoms. The minimum absolute atomic E-state index is 0. The van der Waals surface area contributed by atoms with Crippen LogP contribution in [0.15, 0.2) is 31.1 Å². The lowest BCUT2D eigenvalue weighted by Gasteiger charge is -2.12. The van der Waals surface area contributed by atoms with Crippen molar-refractivity contribution in [3.8, 4) is 5.75 Å². The number of pyridine rings is 1. The van der Waals surface area contributed by atoms with E-state index in [1.54, 1.807) is 6.20 Å². The van der Waals surface area contributed by atoms with Crippen LogP contribution in [0, 0.1) is 0 Å². The van der Waals surface area contributed by atoms with Gasteiger partial charge in [0.15, 0.2) is 0 Å². The van der Waals surface area contributed by atoms with Gasteiger partial charge in [-0.2, -0.15) is 0 Å². The van der Waals surface area contributed by atoms with Gasteiger partial charge in [0.25, 0.3) is 0 Å². The second-order valence-corrected chi connectivity index (χ2v) is 4.13. The van der Waals surface area contributed by atoms with E-state index in [0.717, 1.165) is 30.9 Å². The van der Waals surface area contributed by atoms with Gasteiger partial charge in [-0.15, -0.1) is 31.4 Å². The van der Waals surface area contributed by atoms with Crippen LogP contribution >= 0.6 is 24.8 Å². The van der Waals surface area contributed by atoms with Gasteiger partial charge in [0.2, 0.25) is 0 Å². The first kappa shape index (κ1) is 17.2. The maximum atomic E-state index is 5.72. The molecule has 1 fully saturated rings. The average Bonchev–Trinajstić information content (AvgIpc) is 2.80. The molecule has 0 bridgehead atoms. The Bertz CT molecular complexity index is 355. The second-order valence-electron chi connectivity index (χ2n) is 4.13.